The van der Waals surface area contributed by atoms with Crippen LogP contribution in [-0.2, 0) is 16.1 Å². The number of halogens is 1. The summed E-state index contributed by atoms with van der Waals surface area (Å²) in [5, 5.41) is 18.1. The monoisotopic (exact) mass is 405 g/mol. The van der Waals surface area contributed by atoms with Gasteiger partial charge in [0, 0.05) is 12.6 Å². The van der Waals surface area contributed by atoms with Crippen molar-refractivity contribution in [3.8, 4) is 0 Å². The molecule has 1 heterocycles. The zero-order valence-corrected chi connectivity index (χ0v) is 16.3. The topological polar surface area (TPSA) is 99.7 Å². The highest BCUT2D eigenvalue weighted by molar-refractivity contribution is 5.77. The summed E-state index contributed by atoms with van der Waals surface area (Å²) in [6.45, 7) is 0.0247. The van der Waals surface area contributed by atoms with E-state index in [0.717, 1.165) is 31.2 Å². The molecule has 3 atom stereocenters. The van der Waals surface area contributed by atoms with Crippen LogP contribution >= 0.6 is 0 Å². The lowest BCUT2D eigenvalue weighted by atomic mass is 10.0. The molecule has 0 unspecified atom stereocenters. The fraction of sp³-hybridized carbons (Fsp3) is 0.524. The molecule has 0 aromatic heterocycles. The molecule has 0 saturated heterocycles. The van der Waals surface area contributed by atoms with Crippen LogP contribution < -0.4 is 16.0 Å². The Morgan fingerprint density at radius 2 is 1.83 bits per heavy atom. The van der Waals surface area contributed by atoms with Crippen LogP contribution in [0, 0.1) is 5.82 Å². The third kappa shape index (κ3) is 6.54. The summed E-state index contributed by atoms with van der Waals surface area (Å²) < 4.78 is 18.7. The first kappa shape index (κ1) is 21.3. The minimum Gasteiger partial charge on any atom is -0.394 e. The molecule has 0 bridgehead atoms. The third-order valence-corrected chi connectivity index (χ3v) is 5.24. The maximum atomic E-state index is 12.9. The molecule has 1 aromatic carbocycles. The zero-order valence-electron chi connectivity index (χ0n) is 16.3. The van der Waals surface area contributed by atoms with Crippen molar-refractivity contribution in [2.75, 3.05) is 6.61 Å². The first-order valence-corrected chi connectivity index (χ1v) is 10.1. The molecule has 8 heteroatoms. The number of hydrogen-bond acceptors (Lipinski definition) is 4. The Kier molecular flexibility index (Phi) is 7.60. The average Bonchev–Trinajstić information content (AvgIpc) is 3.21. The van der Waals surface area contributed by atoms with Gasteiger partial charge in [0.1, 0.15) is 11.9 Å². The number of aliphatic hydroxyl groups is 1. The molecule has 1 aromatic rings. The standard InChI is InChI=1S/C21H28FN3O4/c22-15-7-5-14(6-8-15)12-23-20(27)11-17-9-10-18(19(13-26)29-17)25-21(28)24-16-3-1-2-4-16/h5-10,16-19,26H,1-4,11-13H2,(H,23,27)(H2,24,25,28)/t17-,18-,19-/m1/s1. The van der Waals surface area contributed by atoms with Gasteiger partial charge in [0.15, 0.2) is 0 Å². The Bertz CT molecular complexity index is 719. The van der Waals surface area contributed by atoms with Crippen LogP contribution in [0.25, 0.3) is 0 Å². The number of urea groups is 1. The van der Waals surface area contributed by atoms with E-state index in [2.05, 4.69) is 16.0 Å². The van der Waals surface area contributed by atoms with Crippen LogP contribution in [0.15, 0.2) is 36.4 Å². The summed E-state index contributed by atoms with van der Waals surface area (Å²) in [5.74, 6) is -0.540. The Labute approximate surface area is 169 Å². The fourth-order valence-electron chi connectivity index (χ4n) is 3.64. The SMILES string of the molecule is O=C(C[C@H]1C=C[C@@H](NC(=O)NC2CCCC2)[C@@H](CO)O1)NCc1ccc(F)cc1. The van der Waals surface area contributed by atoms with Gasteiger partial charge in [-0.2, -0.15) is 0 Å². The van der Waals surface area contributed by atoms with Gasteiger partial charge in [0.05, 0.1) is 25.2 Å². The van der Waals surface area contributed by atoms with Crippen molar-refractivity contribution in [1.29, 1.82) is 0 Å². The molecule has 4 N–H and O–H groups in total. The van der Waals surface area contributed by atoms with Gasteiger partial charge in [0.25, 0.3) is 0 Å². The minimum atomic E-state index is -0.621. The number of rotatable bonds is 7. The summed E-state index contributed by atoms with van der Waals surface area (Å²) in [5.41, 5.74) is 0.797. The largest absolute Gasteiger partial charge is 0.394 e. The molecule has 0 spiro atoms. The Morgan fingerprint density at radius 1 is 1.10 bits per heavy atom. The number of hydrogen-bond donors (Lipinski definition) is 4. The van der Waals surface area contributed by atoms with Crippen molar-refractivity contribution in [2.24, 2.45) is 0 Å². The smallest absolute Gasteiger partial charge is 0.315 e. The number of aliphatic hydroxyl groups excluding tert-OH is 1. The summed E-state index contributed by atoms with van der Waals surface area (Å²) in [6.07, 6.45) is 6.70. The van der Waals surface area contributed by atoms with E-state index >= 15 is 0 Å². The lowest BCUT2D eigenvalue weighted by molar-refractivity contribution is -0.125. The molecular weight excluding hydrogens is 377 g/mol. The third-order valence-electron chi connectivity index (χ3n) is 5.24. The maximum absolute atomic E-state index is 12.9. The molecule has 7 nitrogen and oxygen atoms in total. The van der Waals surface area contributed by atoms with Crippen molar-refractivity contribution in [3.63, 3.8) is 0 Å². The van der Waals surface area contributed by atoms with Crippen LogP contribution in [0.1, 0.15) is 37.7 Å². The fourth-order valence-corrected chi connectivity index (χ4v) is 3.64. The minimum absolute atomic E-state index is 0.0924. The summed E-state index contributed by atoms with van der Waals surface area (Å²) in [6, 6.07) is 5.38. The number of benzene rings is 1. The van der Waals surface area contributed by atoms with Gasteiger partial charge in [-0.15, -0.1) is 0 Å². The molecule has 1 saturated carbocycles. The van der Waals surface area contributed by atoms with Gasteiger partial charge < -0.3 is 25.8 Å². The predicted molar refractivity (Wildman–Crippen MR) is 105 cm³/mol. The molecule has 0 radical (unpaired) electrons. The average molecular weight is 405 g/mol. The molecule has 29 heavy (non-hydrogen) atoms. The van der Waals surface area contributed by atoms with E-state index in [9.17, 15) is 19.1 Å². The second kappa shape index (κ2) is 10.4. The van der Waals surface area contributed by atoms with Gasteiger partial charge in [-0.1, -0.05) is 37.1 Å². The van der Waals surface area contributed by atoms with Crippen molar-refractivity contribution < 1.29 is 23.8 Å². The molecule has 1 aliphatic heterocycles. The summed E-state index contributed by atoms with van der Waals surface area (Å²) in [7, 11) is 0. The van der Waals surface area contributed by atoms with Gasteiger partial charge in [-0.3, -0.25) is 4.79 Å². The number of nitrogens with one attached hydrogen (secondary N) is 3. The van der Waals surface area contributed by atoms with Crippen molar-refractivity contribution >= 4 is 11.9 Å². The Hall–Kier alpha value is -2.45. The van der Waals surface area contributed by atoms with Crippen LogP contribution in [0.3, 0.4) is 0 Å². The second-order valence-electron chi connectivity index (χ2n) is 7.51. The lowest BCUT2D eigenvalue weighted by Gasteiger charge is -2.32. The predicted octanol–water partition coefficient (Wildman–Crippen LogP) is 1.76. The summed E-state index contributed by atoms with van der Waals surface area (Å²) >= 11 is 0. The maximum Gasteiger partial charge on any atom is 0.315 e. The van der Waals surface area contributed by atoms with Crippen LogP contribution in [0.2, 0.25) is 0 Å². The quantitative estimate of drug-likeness (QED) is 0.520. The van der Waals surface area contributed by atoms with E-state index in [0.29, 0.717) is 6.54 Å². The van der Waals surface area contributed by atoms with Gasteiger partial charge >= 0.3 is 6.03 Å². The van der Waals surface area contributed by atoms with Gasteiger partial charge in [-0.25, -0.2) is 9.18 Å². The van der Waals surface area contributed by atoms with E-state index in [-0.39, 0.29) is 36.8 Å². The molecular formula is C21H28FN3O4. The molecule has 1 aliphatic carbocycles. The normalized spacial score (nSPS) is 24.3. The second-order valence-corrected chi connectivity index (χ2v) is 7.51. The van der Waals surface area contributed by atoms with Crippen molar-refractivity contribution in [2.45, 2.75) is 62.9 Å². The van der Waals surface area contributed by atoms with E-state index in [4.69, 9.17) is 4.74 Å². The van der Waals surface area contributed by atoms with E-state index in [1.807, 2.05) is 0 Å². The van der Waals surface area contributed by atoms with Crippen LogP contribution in [0.5, 0.6) is 0 Å². The van der Waals surface area contributed by atoms with Gasteiger partial charge in [-0.05, 0) is 30.5 Å². The first-order valence-electron chi connectivity index (χ1n) is 10.1. The Balaban J connectivity index is 1.45. The molecule has 3 rings (SSSR count). The molecule has 1 fully saturated rings. The van der Waals surface area contributed by atoms with E-state index in [1.54, 1.807) is 24.3 Å². The first-order chi connectivity index (χ1) is 14.0. The number of carbonyl (C=O) groups is 2. The number of ether oxygens (including phenoxy) is 1. The Morgan fingerprint density at radius 3 is 2.52 bits per heavy atom. The number of amides is 3. The van der Waals surface area contributed by atoms with E-state index < -0.39 is 18.2 Å². The van der Waals surface area contributed by atoms with Gasteiger partial charge in [0.2, 0.25) is 5.91 Å². The molecule has 158 valence electrons. The number of carbonyl (C=O) groups excluding carboxylic acids is 2. The van der Waals surface area contributed by atoms with Crippen molar-refractivity contribution in [3.05, 3.63) is 47.8 Å². The van der Waals surface area contributed by atoms with Crippen molar-refractivity contribution in [1.82, 2.24) is 16.0 Å². The van der Waals surface area contributed by atoms with E-state index in [1.165, 1.54) is 12.1 Å². The summed E-state index contributed by atoms with van der Waals surface area (Å²) in [4.78, 5) is 24.3. The zero-order chi connectivity index (χ0) is 20.6. The highest BCUT2D eigenvalue weighted by atomic mass is 19.1. The molecule has 3 amide bonds. The highest BCUT2D eigenvalue weighted by Crippen LogP contribution is 2.18. The van der Waals surface area contributed by atoms with Crippen LogP contribution in [-0.4, -0.2) is 47.9 Å². The molecule has 2 aliphatic rings. The lowest BCUT2D eigenvalue weighted by Crippen LogP contribution is -2.53. The highest BCUT2D eigenvalue weighted by Gasteiger charge is 2.29. The van der Waals surface area contributed by atoms with Crippen LogP contribution in [0.4, 0.5) is 9.18 Å².